The standard InChI is InChI=1S/C14H19ClN2O2/c1-9-4-3-5-13(10(9)2)16-14-7-6-11(17(18)19)8-12(14)15/h6-10,13,16H,3-5H2,1-2H3/t9-,10+,13-/m0/s1. The van der Waals surface area contributed by atoms with E-state index < -0.39 is 4.92 Å². The number of halogens is 1. The van der Waals surface area contributed by atoms with Gasteiger partial charge in [0, 0.05) is 18.2 Å². The van der Waals surface area contributed by atoms with Crippen LogP contribution in [-0.4, -0.2) is 11.0 Å². The van der Waals surface area contributed by atoms with Crippen molar-refractivity contribution in [2.45, 2.75) is 39.2 Å². The molecule has 0 aliphatic heterocycles. The van der Waals surface area contributed by atoms with Crippen molar-refractivity contribution in [2.24, 2.45) is 11.8 Å². The van der Waals surface area contributed by atoms with Gasteiger partial charge in [0.2, 0.25) is 0 Å². The Balaban J connectivity index is 2.12. The summed E-state index contributed by atoms with van der Waals surface area (Å²) in [4.78, 5) is 10.2. The first-order valence-electron chi connectivity index (χ1n) is 6.69. The Morgan fingerprint density at radius 2 is 2.11 bits per heavy atom. The molecule has 1 aromatic carbocycles. The van der Waals surface area contributed by atoms with E-state index in [1.165, 1.54) is 25.0 Å². The molecule has 0 bridgehead atoms. The van der Waals surface area contributed by atoms with Crippen LogP contribution in [0.25, 0.3) is 0 Å². The second-order valence-corrected chi connectivity index (χ2v) is 5.85. The Morgan fingerprint density at radius 1 is 1.37 bits per heavy atom. The van der Waals surface area contributed by atoms with Crippen LogP contribution in [0.5, 0.6) is 0 Å². The first-order valence-corrected chi connectivity index (χ1v) is 7.07. The van der Waals surface area contributed by atoms with Gasteiger partial charge in [0.15, 0.2) is 0 Å². The summed E-state index contributed by atoms with van der Waals surface area (Å²) in [6, 6.07) is 4.99. The molecule has 0 aromatic heterocycles. The number of hydrogen-bond donors (Lipinski definition) is 1. The quantitative estimate of drug-likeness (QED) is 0.657. The van der Waals surface area contributed by atoms with Crippen LogP contribution in [0, 0.1) is 22.0 Å². The Labute approximate surface area is 118 Å². The molecule has 19 heavy (non-hydrogen) atoms. The molecule has 3 atom stereocenters. The van der Waals surface area contributed by atoms with Crippen LogP contribution in [0.2, 0.25) is 5.02 Å². The van der Waals surface area contributed by atoms with Crippen LogP contribution in [0.4, 0.5) is 11.4 Å². The number of nitrogens with one attached hydrogen (secondary N) is 1. The second kappa shape index (κ2) is 5.78. The van der Waals surface area contributed by atoms with Gasteiger partial charge in [0.05, 0.1) is 15.6 Å². The fourth-order valence-electron chi connectivity index (χ4n) is 2.72. The van der Waals surface area contributed by atoms with E-state index in [1.807, 2.05) is 0 Å². The molecule has 0 amide bonds. The molecule has 1 aromatic rings. The maximum absolute atomic E-state index is 10.7. The molecule has 1 aliphatic rings. The van der Waals surface area contributed by atoms with Gasteiger partial charge in [-0.05, 0) is 24.3 Å². The molecule has 1 saturated carbocycles. The molecule has 1 aliphatic carbocycles. The number of nitrogens with zero attached hydrogens (tertiary/aromatic N) is 1. The normalized spacial score (nSPS) is 27.0. The van der Waals surface area contributed by atoms with Crippen molar-refractivity contribution in [3.05, 3.63) is 33.3 Å². The minimum absolute atomic E-state index is 0.0283. The number of non-ortho nitro benzene ring substituents is 1. The maximum atomic E-state index is 10.7. The molecule has 4 nitrogen and oxygen atoms in total. The van der Waals surface area contributed by atoms with E-state index in [9.17, 15) is 10.1 Å². The van der Waals surface area contributed by atoms with Crippen molar-refractivity contribution in [1.29, 1.82) is 0 Å². The van der Waals surface area contributed by atoms with Crippen molar-refractivity contribution in [3.8, 4) is 0 Å². The topological polar surface area (TPSA) is 55.2 Å². The Bertz CT molecular complexity index is 479. The summed E-state index contributed by atoms with van der Waals surface area (Å²) in [7, 11) is 0. The number of nitro benzene ring substituents is 1. The molecule has 0 unspecified atom stereocenters. The van der Waals surface area contributed by atoms with E-state index in [2.05, 4.69) is 19.2 Å². The maximum Gasteiger partial charge on any atom is 0.271 e. The summed E-state index contributed by atoms with van der Waals surface area (Å²) in [5.41, 5.74) is 0.818. The van der Waals surface area contributed by atoms with Crippen LogP contribution >= 0.6 is 11.6 Å². The van der Waals surface area contributed by atoms with Gasteiger partial charge >= 0.3 is 0 Å². The average molecular weight is 283 g/mol. The van der Waals surface area contributed by atoms with Gasteiger partial charge in [-0.25, -0.2) is 0 Å². The lowest BCUT2D eigenvalue weighted by molar-refractivity contribution is -0.384. The lowest BCUT2D eigenvalue weighted by atomic mass is 9.78. The monoisotopic (exact) mass is 282 g/mol. The molecule has 1 fully saturated rings. The van der Waals surface area contributed by atoms with Gasteiger partial charge in [-0.3, -0.25) is 10.1 Å². The van der Waals surface area contributed by atoms with E-state index >= 15 is 0 Å². The lowest BCUT2D eigenvalue weighted by Crippen LogP contribution is -2.35. The van der Waals surface area contributed by atoms with Gasteiger partial charge in [0.25, 0.3) is 5.69 Å². The minimum Gasteiger partial charge on any atom is -0.381 e. The molecule has 1 N–H and O–H groups in total. The third kappa shape index (κ3) is 3.18. The van der Waals surface area contributed by atoms with E-state index in [0.29, 0.717) is 22.9 Å². The van der Waals surface area contributed by atoms with E-state index in [-0.39, 0.29) is 5.69 Å². The predicted molar refractivity (Wildman–Crippen MR) is 77.7 cm³/mol. The van der Waals surface area contributed by atoms with Crippen molar-refractivity contribution in [2.75, 3.05) is 5.32 Å². The van der Waals surface area contributed by atoms with Crippen LogP contribution in [0.3, 0.4) is 0 Å². The number of benzene rings is 1. The number of anilines is 1. The molecule has 0 radical (unpaired) electrons. The number of hydrogen-bond acceptors (Lipinski definition) is 3. The molecule has 5 heteroatoms. The third-order valence-corrected chi connectivity index (χ3v) is 4.52. The molecule has 0 heterocycles. The van der Waals surface area contributed by atoms with E-state index in [0.717, 1.165) is 12.1 Å². The van der Waals surface area contributed by atoms with Crippen LogP contribution in [0.1, 0.15) is 33.1 Å². The van der Waals surface area contributed by atoms with Crippen LogP contribution in [-0.2, 0) is 0 Å². The predicted octanol–water partition coefficient (Wildman–Crippen LogP) is 4.48. The van der Waals surface area contributed by atoms with Crippen molar-refractivity contribution < 1.29 is 4.92 Å². The van der Waals surface area contributed by atoms with Crippen molar-refractivity contribution in [3.63, 3.8) is 0 Å². The van der Waals surface area contributed by atoms with E-state index in [4.69, 9.17) is 11.6 Å². The fourth-order valence-corrected chi connectivity index (χ4v) is 2.95. The first-order chi connectivity index (χ1) is 8.99. The molecular formula is C14H19ClN2O2. The zero-order chi connectivity index (χ0) is 14.0. The highest BCUT2D eigenvalue weighted by Crippen LogP contribution is 2.34. The summed E-state index contributed by atoms with van der Waals surface area (Å²) >= 11 is 6.11. The molecule has 0 saturated heterocycles. The zero-order valence-electron chi connectivity index (χ0n) is 11.2. The Morgan fingerprint density at radius 3 is 2.74 bits per heavy atom. The highest BCUT2D eigenvalue weighted by molar-refractivity contribution is 6.33. The summed E-state index contributed by atoms with van der Waals surface area (Å²) in [6.45, 7) is 4.52. The van der Waals surface area contributed by atoms with Gasteiger partial charge in [0.1, 0.15) is 0 Å². The number of rotatable bonds is 3. The molecular weight excluding hydrogens is 264 g/mol. The van der Waals surface area contributed by atoms with Gasteiger partial charge in [-0.15, -0.1) is 0 Å². The van der Waals surface area contributed by atoms with Gasteiger partial charge in [-0.2, -0.15) is 0 Å². The molecule has 2 rings (SSSR count). The summed E-state index contributed by atoms with van der Waals surface area (Å²) in [6.07, 6.45) is 3.61. The Hall–Kier alpha value is -1.29. The van der Waals surface area contributed by atoms with Crippen molar-refractivity contribution >= 4 is 23.0 Å². The average Bonchev–Trinajstić information content (AvgIpc) is 2.37. The molecule has 104 valence electrons. The zero-order valence-corrected chi connectivity index (χ0v) is 12.0. The minimum atomic E-state index is -0.430. The summed E-state index contributed by atoms with van der Waals surface area (Å²) < 4.78 is 0. The number of nitro groups is 1. The van der Waals surface area contributed by atoms with Gasteiger partial charge in [-0.1, -0.05) is 38.3 Å². The lowest BCUT2D eigenvalue weighted by Gasteiger charge is -2.35. The van der Waals surface area contributed by atoms with Crippen LogP contribution in [0.15, 0.2) is 18.2 Å². The summed E-state index contributed by atoms with van der Waals surface area (Å²) in [5, 5.41) is 14.5. The smallest absolute Gasteiger partial charge is 0.271 e. The molecule has 0 spiro atoms. The fraction of sp³-hybridized carbons (Fsp3) is 0.571. The second-order valence-electron chi connectivity index (χ2n) is 5.44. The first kappa shape index (κ1) is 14.1. The third-order valence-electron chi connectivity index (χ3n) is 4.21. The van der Waals surface area contributed by atoms with Crippen LogP contribution < -0.4 is 5.32 Å². The largest absolute Gasteiger partial charge is 0.381 e. The highest BCUT2D eigenvalue weighted by atomic mass is 35.5. The highest BCUT2D eigenvalue weighted by Gasteiger charge is 2.27. The SMILES string of the molecule is C[C@H]1[C@@H](Nc2ccc([N+](=O)[O-])cc2Cl)CCC[C@@H]1C. The van der Waals surface area contributed by atoms with Crippen molar-refractivity contribution in [1.82, 2.24) is 0 Å². The van der Waals surface area contributed by atoms with E-state index in [1.54, 1.807) is 6.07 Å². The van der Waals surface area contributed by atoms with Gasteiger partial charge < -0.3 is 5.32 Å². The Kier molecular flexibility index (Phi) is 4.30. The summed E-state index contributed by atoms with van der Waals surface area (Å²) in [5.74, 6) is 1.28.